The highest BCUT2D eigenvalue weighted by Crippen LogP contribution is 2.40. The predicted molar refractivity (Wildman–Crippen MR) is 127 cm³/mol. The van der Waals surface area contributed by atoms with E-state index in [1.807, 2.05) is 17.0 Å². The van der Waals surface area contributed by atoms with Crippen LogP contribution in [0, 0.1) is 34.8 Å². The molecule has 0 radical (unpaired) electrons. The van der Waals surface area contributed by atoms with Crippen LogP contribution in [0.1, 0.15) is 42.0 Å². The molecule has 174 valence electrons. The Kier molecular flexibility index (Phi) is 6.05. The Morgan fingerprint density at radius 3 is 2.53 bits per heavy atom. The third kappa shape index (κ3) is 4.28. The maximum absolute atomic E-state index is 14.0. The fourth-order valence-corrected chi connectivity index (χ4v) is 5.72. The summed E-state index contributed by atoms with van der Waals surface area (Å²) in [5.41, 5.74) is 2.39. The van der Waals surface area contributed by atoms with Crippen molar-refractivity contribution in [1.29, 1.82) is 5.26 Å². The highest BCUT2D eigenvalue weighted by molar-refractivity contribution is 5.88. The van der Waals surface area contributed by atoms with Crippen LogP contribution in [0.15, 0.2) is 54.6 Å². The minimum atomic E-state index is -0.331. The van der Waals surface area contributed by atoms with Crippen LogP contribution in [0.5, 0.6) is 0 Å². The summed E-state index contributed by atoms with van der Waals surface area (Å²) in [5, 5.41) is 11.0. The monoisotopic (exact) mass is 459 g/mol. The van der Waals surface area contributed by atoms with Gasteiger partial charge in [-0.05, 0) is 97.1 Å². The number of amides is 1. The van der Waals surface area contributed by atoms with Crippen molar-refractivity contribution in [3.05, 3.63) is 82.9 Å². The van der Waals surface area contributed by atoms with Crippen molar-refractivity contribution in [2.45, 2.75) is 31.8 Å². The molecular formula is C28H27F2N3O. The molecule has 0 saturated carbocycles. The van der Waals surface area contributed by atoms with Gasteiger partial charge in [-0.25, -0.2) is 8.78 Å². The molecule has 0 bridgehead atoms. The molecule has 2 heterocycles. The lowest BCUT2D eigenvalue weighted by molar-refractivity contribution is -0.133. The van der Waals surface area contributed by atoms with E-state index < -0.39 is 0 Å². The molecule has 1 amide bonds. The number of nitriles is 1. The molecule has 0 aromatic heterocycles. The van der Waals surface area contributed by atoms with Gasteiger partial charge >= 0.3 is 0 Å². The van der Waals surface area contributed by atoms with Crippen LogP contribution in [-0.4, -0.2) is 35.8 Å². The number of fused-ring (bicyclic) bond motifs is 1. The van der Waals surface area contributed by atoms with Gasteiger partial charge in [-0.1, -0.05) is 18.2 Å². The lowest BCUT2D eigenvalue weighted by Crippen LogP contribution is -2.38. The standard InChI is InChI=1S/C28H27F2N3O/c1-32-10-8-21(14-27(32)19-2-5-23(29)6-3-19)25-9-11-33(28(25)34)17-22-13-18(16-31)12-20-4-7-24(30)15-26(20)22/h2-7,12-13,15,21,25,27H,8-11,14,17H2,1H3. The third-order valence-corrected chi connectivity index (χ3v) is 7.57. The molecule has 5 rings (SSSR count). The summed E-state index contributed by atoms with van der Waals surface area (Å²) < 4.78 is 27.4. The first-order chi connectivity index (χ1) is 16.4. The van der Waals surface area contributed by atoms with Crippen molar-refractivity contribution < 1.29 is 13.6 Å². The summed E-state index contributed by atoms with van der Waals surface area (Å²) in [6, 6.07) is 17.1. The summed E-state index contributed by atoms with van der Waals surface area (Å²) in [4.78, 5) is 17.6. The molecule has 0 N–H and O–H groups in total. The Labute approximate surface area is 198 Å². The normalized spacial score (nSPS) is 23.4. The number of carbonyl (C=O) groups excluding carboxylic acids is 1. The van der Waals surface area contributed by atoms with Crippen LogP contribution < -0.4 is 0 Å². The zero-order valence-corrected chi connectivity index (χ0v) is 19.2. The predicted octanol–water partition coefficient (Wildman–Crippen LogP) is 5.42. The molecule has 3 unspecified atom stereocenters. The fraction of sp³-hybridized carbons (Fsp3) is 0.357. The Balaban J connectivity index is 1.34. The van der Waals surface area contributed by atoms with Gasteiger partial charge in [-0.15, -0.1) is 0 Å². The second-order valence-electron chi connectivity index (χ2n) is 9.60. The van der Waals surface area contributed by atoms with Gasteiger partial charge in [0.25, 0.3) is 0 Å². The van der Waals surface area contributed by atoms with Gasteiger partial charge < -0.3 is 4.90 Å². The summed E-state index contributed by atoms with van der Waals surface area (Å²) in [5.74, 6) is -0.211. The summed E-state index contributed by atoms with van der Waals surface area (Å²) >= 11 is 0. The van der Waals surface area contributed by atoms with Crippen molar-refractivity contribution in [2.75, 3.05) is 20.1 Å². The number of hydrogen-bond acceptors (Lipinski definition) is 3. The second kappa shape index (κ2) is 9.15. The SMILES string of the molecule is CN1CCC(C2CCN(Cc3cc(C#N)cc4ccc(F)cc34)C2=O)CC1c1ccc(F)cc1. The van der Waals surface area contributed by atoms with E-state index >= 15 is 0 Å². The molecule has 0 aliphatic carbocycles. The zero-order valence-electron chi connectivity index (χ0n) is 19.2. The average molecular weight is 460 g/mol. The molecule has 2 fully saturated rings. The van der Waals surface area contributed by atoms with E-state index in [1.165, 1.54) is 24.3 Å². The number of carbonyl (C=O) groups is 1. The van der Waals surface area contributed by atoms with Crippen LogP contribution in [0.4, 0.5) is 8.78 Å². The van der Waals surface area contributed by atoms with Crippen molar-refractivity contribution in [3.63, 3.8) is 0 Å². The van der Waals surface area contributed by atoms with Gasteiger partial charge in [0, 0.05) is 25.0 Å². The highest BCUT2D eigenvalue weighted by Gasteiger charge is 2.40. The summed E-state index contributed by atoms with van der Waals surface area (Å²) in [6.07, 6.45) is 2.62. The highest BCUT2D eigenvalue weighted by atomic mass is 19.1. The van der Waals surface area contributed by atoms with Crippen LogP contribution >= 0.6 is 0 Å². The van der Waals surface area contributed by atoms with Crippen molar-refractivity contribution in [1.82, 2.24) is 9.80 Å². The van der Waals surface area contributed by atoms with Crippen molar-refractivity contribution >= 4 is 16.7 Å². The first-order valence-corrected chi connectivity index (χ1v) is 11.8. The molecule has 4 nitrogen and oxygen atoms in total. The van der Waals surface area contributed by atoms with Crippen LogP contribution in [0.3, 0.4) is 0 Å². The van der Waals surface area contributed by atoms with E-state index in [0.29, 0.717) is 18.7 Å². The lowest BCUT2D eigenvalue weighted by Gasteiger charge is -2.39. The van der Waals surface area contributed by atoms with Gasteiger partial charge in [-0.3, -0.25) is 9.69 Å². The molecular weight excluding hydrogens is 432 g/mol. The lowest BCUT2D eigenvalue weighted by atomic mass is 9.78. The van der Waals surface area contributed by atoms with Gasteiger partial charge in [0.15, 0.2) is 0 Å². The number of halogens is 2. The van der Waals surface area contributed by atoms with E-state index in [1.54, 1.807) is 18.2 Å². The number of benzene rings is 3. The first kappa shape index (κ1) is 22.5. The number of piperidine rings is 1. The third-order valence-electron chi connectivity index (χ3n) is 7.57. The van der Waals surface area contributed by atoms with Crippen LogP contribution in [0.25, 0.3) is 10.8 Å². The molecule has 2 saturated heterocycles. The minimum absolute atomic E-state index is 0.0428. The van der Waals surface area contributed by atoms with Crippen molar-refractivity contribution in [2.24, 2.45) is 11.8 Å². The van der Waals surface area contributed by atoms with Gasteiger partial charge in [0.2, 0.25) is 5.91 Å². The molecule has 3 atom stereocenters. The van der Waals surface area contributed by atoms with E-state index in [4.69, 9.17) is 0 Å². The molecule has 6 heteroatoms. The zero-order chi connectivity index (χ0) is 23.8. The van der Waals surface area contributed by atoms with Gasteiger partial charge in [0.05, 0.1) is 11.6 Å². The summed E-state index contributed by atoms with van der Waals surface area (Å²) in [6.45, 7) is 1.92. The van der Waals surface area contributed by atoms with E-state index in [-0.39, 0.29) is 35.4 Å². The fourth-order valence-electron chi connectivity index (χ4n) is 5.72. The smallest absolute Gasteiger partial charge is 0.226 e. The molecule has 3 aromatic rings. The number of nitrogens with zero attached hydrogens (tertiary/aromatic N) is 3. The van der Waals surface area contributed by atoms with Crippen molar-refractivity contribution in [3.8, 4) is 6.07 Å². The Morgan fingerprint density at radius 1 is 1.00 bits per heavy atom. The number of hydrogen-bond donors (Lipinski definition) is 0. The first-order valence-electron chi connectivity index (χ1n) is 11.8. The molecule has 2 aliphatic heterocycles. The Morgan fingerprint density at radius 2 is 1.76 bits per heavy atom. The second-order valence-corrected chi connectivity index (χ2v) is 9.60. The van der Waals surface area contributed by atoms with Crippen LogP contribution in [-0.2, 0) is 11.3 Å². The Bertz CT molecular complexity index is 1270. The maximum atomic E-state index is 14.0. The molecule has 0 spiro atoms. The van der Waals surface area contributed by atoms with Gasteiger partial charge in [0.1, 0.15) is 11.6 Å². The quantitative estimate of drug-likeness (QED) is 0.523. The van der Waals surface area contributed by atoms with Gasteiger partial charge in [-0.2, -0.15) is 5.26 Å². The van der Waals surface area contributed by atoms with Crippen LogP contribution in [0.2, 0.25) is 0 Å². The Hall–Kier alpha value is -3.30. The number of likely N-dealkylation sites (tertiary alicyclic amines) is 2. The van der Waals surface area contributed by atoms with E-state index in [9.17, 15) is 18.8 Å². The molecule has 2 aliphatic rings. The average Bonchev–Trinajstić information content (AvgIpc) is 3.20. The number of rotatable bonds is 4. The minimum Gasteiger partial charge on any atom is -0.338 e. The van der Waals surface area contributed by atoms with E-state index in [0.717, 1.165) is 47.7 Å². The largest absolute Gasteiger partial charge is 0.338 e. The molecule has 34 heavy (non-hydrogen) atoms. The maximum Gasteiger partial charge on any atom is 0.226 e. The van der Waals surface area contributed by atoms with E-state index in [2.05, 4.69) is 18.0 Å². The molecule has 3 aromatic carbocycles. The topological polar surface area (TPSA) is 47.3 Å². The summed E-state index contributed by atoms with van der Waals surface area (Å²) in [7, 11) is 2.08.